The summed E-state index contributed by atoms with van der Waals surface area (Å²) in [6, 6.07) is 12.9. The molecule has 15 heavy (non-hydrogen) atoms. The largest absolute Gasteiger partial charge is 0.309 e. The van der Waals surface area contributed by atoms with Crippen molar-refractivity contribution in [2.75, 3.05) is 6.54 Å². The summed E-state index contributed by atoms with van der Waals surface area (Å²) in [5.41, 5.74) is 1.48. The molecule has 1 saturated heterocycles. The molecule has 2 atom stereocenters. The molecule has 1 aliphatic carbocycles. The highest BCUT2D eigenvalue weighted by atomic mass is 15.1. The first-order valence-corrected chi connectivity index (χ1v) is 5.55. The summed E-state index contributed by atoms with van der Waals surface area (Å²) in [4.78, 5) is 0. The van der Waals surface area contributed by atoms with E-state index in [0.717, 1.165) is 6.54 Å². The molecule has 2 aliphatic rings. The van der Waals surface area contributed by atoms with Crippen molar-refractivity contribution in [3.63, 3.8) is 0 Å². The molecule has 0 unspecified atom stereocenters. The minimum atomic E-state index is 0.167. The highest BCUT2D eigenvalue weighted by molar-refractivity contribution is 5.31. The normalized spacial score (nSPS) is 31.4. The van der Waals surface area contributed by atoms with Crippen molar-refractivity contribution < 1.29 is 0 Å². The highest BCUT2D eigenvalue weighted by Gasteiger charge is 2.56. The maximum atomic E-state index is 9.28. The molecule has 76 valence electrons. The van der Waals surface area contributed by atoms with Crippen LogP contribution in [0.15, 0.2) is 30.3 Å². The predicted molar refractivity (Wildman–Crippen MR) is 58.3 cm³/mol. The lowest BCUT2D eigenvalue weighted by atomic mass is 9.85. The number of hydrogen-bond acceptors (Lipinski definition) is 2. The molecule has 1 spiro atoms. The Morgan fingerprint density at radius 3 is 2.60 bits per heavy atom. The summed E-state index contributed by atoms with van der Waals surface area (Å²) in [5.74, 6) is 0.554. The van der Waals surface area contributed by atoms with E-state index in [1.807, 2.05) is 6.07 Å². The third-order valence-corrected chi connectivity index (χ3v) is 3.83. The average molecular weight is 198 g/mol. The molecule has 0 radical (unpaired) electrons. The Bertz CT molecular complexity index is 400. The predicted octanol–water partition coefficient (Wildman–Crippen LogP) is 2.05. The molecule has 1 saturated carbocycles. The third kappa shape index (κ3) is 1.27. The van der Waals surface area contributed by atoms with Gasteiger partial charge in [-0.15, -0.1) is 0 Å². The molecular weight excluding hydrogens is 184 g/mol. The second-order valence-electron chi connectivity index (χ2n) is 4.66. The van der Waals surface area contributed by atoms with Crippen LogP contribution in [0.25, 0.3) is 0 Å². The number of nitrogens with zero attached hydrogens (tertiary/aromatic N) is 1. The Kier molecular flexibility index (Phi) is 1.83. The first-order chi connectivity index (χ1) is 7.36. The molecule has 3 rings (SSSR count). The Morgan fingerprint density at radius 2 is 2.00 bits per heavy atom. The second kappa shape index (κ2) is 3.08. The topological polar surface area (TPSA) is 35.8 Å². The van der Waals surface area contributed by atoms with Crippen LogP contribution in [0.1, 0.15) is 24.3 Å². The maximum absolute atomic E-state index is 9.28. The first kappa shape index (κ1) is 8.94. The number of rotatable bonds is 1. The molecule has 1 N–H and O–H groups in total. The second-order valence-corrected chi connectivity index (χ2v) is 4.66. The number of hydrogen-bond donors (Lipinski definition) is 1. The molecule has 1 heterocycles. The molecule has 1 aliphatic heterocycles. The molecule has 0 amide bonds. The fourth-order valence-electron chi connectivity index (χ4n) is 2.77. The summed E-state index contributed by atoms with van der Waals surface area (Å²) in [6.45, 7) is 0.961. The van der Waals surface area contributed by atoms with Crippen LogP contribution >= 0.6 is 0 Å². The highest BCUT2D eigenvalue weighted by Crippen LogP contribution is 2.51. The monoisotopic (exact) mass is 198 g/mol. The van der Waals surface area contributed by atoms with Gasteiger partial charge in [-0.05, 0) is 18.4 Å². The number of nitriles is 1. The van der Waals surface area contributed by atoms with Gasteiger partial charge >= 0.3 is 0 Å². The van der Waals surface area contributed by atoms with Crippen molar-refractivity contribution in [2.45, 2.75) is 24.3 Å². The van der Waals surface area contributed by atoms with Crippen LogP contribution in [-0.2, 0) is 0 Å². The van der Waals surface area contributed by atoms with Crippen LogP contribution in [-0.4, -0.2) is 12.1 Å². The molecular formula is C13H14N2. The standard InChI is InChI=1S/C13H14N2/c14-8-12-11(9-15-13(12)6-7-13)10-4-2-1-3-5-10/h1-5,11-12,15H,6-7,9H2/t11-,12-/m0/s1. The lowest BCUT2D eigenvalue weighted by molar-refractivity contribution is 0.496. The van der Waals surface area contributed by atoms with E-state index in [9.17, 15) is 5.26 Å². The molecule has 2 fully saturated rings. The van der Waals surface area contributed by atoms with Gasteiger partial charge in [0.15, 0.2) is 0 Å². The Balaban J connectivity index is 1.92. The first-order valence-electron chi connectivity index (χ1n) is 5.55. The van der Waals surface area contributed by atoms with E-state index in [1.54, 1.807) is 0 Å². The van der Waals surface area contributed by atoms with Crippen molar-refractivity contribution >= 4 is 0 Å². The molecule has 0 bridgehead atoms. The molecule has 0 aromatic heterocycles. The van der Waals surface area contributed by atoms with Gasteiger partial charge in [0.1, 0.15) is 0 Å². The fourth-order valence-corrected chi connectivity index (χ4v) is 2.77. The Morgan fingerprint density at radius 1 is 1.27 bits per heavy atom. The van der Waals surface area contributed by atoms with Crippen molar-refractivity contribution in [1.82, 2.24) is 5.32 Å². The lowest BCUT2D eigenvalue weighted by Crippen LogP contribution is -2.28. The summed E-state index contributed by atoms with van der Waals surface area (Å²) < 4.78 is 0. The summed E-state index contributed by atoms with van der Waals surface area (Å²) in [6.07, 6.45) is 2.35. The average Bonchev–Trinajstić information content (AvgIpc) is 2.95. The molecule has 2 nitrogen and oxygen atoms in total. The van der Waals surface area contributed by atoms with E-state index in [2.05, 4.69) is 35.7 Å². The van der Waals surface area contributed by atoms with E-state index in [1.165, 1.54) is 18.4 Å². The van der Waals surface area contributed by atoms with E-state index in [0.29, 0.717) is 5.92 Å². The quantitative estimate of drug-likeness (QED) is 0.749. The molecule has 1 aromatic rings. The lowest BCUT2D eigenvalue weighted by Gasteiger charge is -2.16. The zero-order valence-corrected chi connectivity index (χ0v) is 8.61. The smallest absolute Gasteiger partial charge is 0.0725 e. The van der Waals surface area contributed by atoms with Gasteiger partial charge in [-0.3, -0.25) is 0 Å². The Hall–Kier alpha value is -1.33. The van der Waals surface area contributed by atoms with E-state index >= 15 is 0 Å². The van der Waals surface area contributed by atoms with Crippen LogP contribution < -0.4 is 5.32 Å². The van der Waals surface area contributed by atoms with Gasteiger partial charge in [0.2, 0.25) is 0 Å². The van der Waals surface area contributed by atoms with Crippen molar-refractivity contribution in [1.29, 1.82) is 5.26 Å². The zero-order chi connectivity index (χ0) is 10.3. The Labute approximate surface area is 89.9 Å². The van der Waals surface area contributed by atoms with Crippen molar-refractivity contribution in [3.05, 3.63) is 35.9 Å². The third-order valence-electron chi connectivity index (χ3n) is 3.83. The van der Waals surface area contributed by atoms with E-state index < -0.39 is 0 Å². The maximum Gasteiger partial charge on any atom is 0.0725 e. The van der Waals surface area contributed by atoms with Crippen LogP contribution in [0.5, 0.6) is 0 Å². The molecule has 2 heteroatoms. The van der Waals surface area contributed by atoms with Gasteiger partial charge in [-0.2, -0.15) is 5.26 Å². The van der Waals surface area contributed by atoms with Crippen LogP contribution in [0.4, 0.5) is 0 Å². The summed E-state index contributed by atoms with van der Waals surface area (Å²) in [5, 5.41) is 12.8. The minimum absolute atomic E-state index is 0.167. The van der Waals surface area contributed by atoms with Gasteiger partial charge in [0.05, 0.1) is 12.0 Å². The van der Waals surface area contributed by atoms with Crippen LogP contribution in [0.2, 0.25) is 0 Å². The van der Waals surface area contributed by atoms with Crippen molar-refractivity contribution in [2.24, 2.45) is 5.92 Å². The van der Waals surface area contributed by atoms with Crippen LogP contribution in [0, 0.1) is 17.2 Å². The SMILES string of the molecule is N#C[C@H]1[C@H](c2ccccc2)CNC12CC2. The molecule has 1 aromatic carbocycles. The number of nitrogens with one attached hydrogen (secondary N) is 1. The number of benzene rings is 1. The minimum Gasteiger partial charge on any atom is -0.309 e. The van der Waals surface area contributed by atoms with Gasteiger partial charge in [-0.1, -0.05) is 30.3 Å². The van der Waals surface area contributed by atoms with Gasteiger partial charge in [-0.25, -0.2) is 0 Å². The fraction of sp³-hybridized carbons (Fsp3) is 0.462. The van der Waals surface area contributed by atoms with Crippen molar-refractivity contribution in [3.8, 4) is 6.07 Å². The summed E-state index contributed by atoms with van der Waals surface area (Å²) in [7, 11) is 0. The van der Waals surface area contributed by atoms with E-state index in [4.69, 9.17) is 0 Å². The van der Waals surface area contributed by atoms with Gasteiger partial charge < -0.3 is 5.32 Å². The van der Waals surface area contributed by atoms with Gasteiger partial charge in [0.25, 0.3) is 0 Å². The zero-order valence-electron chi connectivity index (χ0n) is 8.61. The van der Waals surface area contributed by atoms with Gasteiger partial charge in [0, 0.05) is 18.0 Å². The van der Waals surface area contributed by atoms with E-state index in [-0.39, 0.29) is 11.5 Å². The summed E-state index contributed by atoms with van der Waals surface area (Å²) >= 11 is 0. The van der Waals surface area contributed by atoms with Crippen LogP contribution in [0.3, 0.4) is 0 Å².